The van der Waals surface area contributed by atoms with E-state index in [2.05, 4.69) is 5.32 Å². The molecule has 0 fully saturated rings. The molecule has 1 aromatic carbocycles. The Hall–Kier alpha value is -1.26. The van der Waals surface area contributed by atoms with Crippen molar-refractivity contribution in [3.63, 3.8) is 0 Å². The van der Waals surface area contributed by atoms with Crippen LogP contribution in [0.2, 0.25) is 5.02 Å². The van der Waals surface area contributed by atoms with Gasteiger partial charge in [0.15, 0.2) is 6.10 Å². The maximum Gasteiger partial charge on any atom is 0.347 e. The number of esters is 1. The van der Waals surface area contributed by atoms with Gasteiger partial charge in [0.2, 0.25) is 0 Å². The van der Waals surface area contributed by atoms with Crippen LogP contribution >= 0.6 is 11.6 Å². The lowest BCUT2D eigenvalue weighted by Crippen LogP contribution is -2.29. The number of ether oxygens (including phenoxy) is 2. The van der Waals surface area contributed by atoms with Crippen molar-refractivity contribution < 1.29 is 14.3 Å². The minimum absolute atomic E-state index is 0.202. The molecule has 0 saturated heterocycles. The molecule has 21 heavy (non-hydrogen) atoms. The van der Waals surface area contributed by atoms with Crippen LogP contribution in [0.15, 0.2) is 18.2 Å². The average molecular weight is 314 g/mol. The van der Waals surface area contributed by atoms with E-state index in [-0.39, 0.29) is 12.0 Å². The first kappa shape index (κ1) is 17.8. The summed E-state index contributed by atoms with van der Waals surface area (Å²) < 4.78 is 10.8. The summed E-state index contributed by atoms with van der Waals surface area (Å²) in [6.45, 7) is 6.16. The van der Waals surface area contributed by atoms with Crippen LogP contribution in [0.1, 0.15) is 45.2 Å². The van der Waals surface area contributed by atoms with Gasteiger partial charge in [0.25, 0.3) is 0 Å². The van der Waals surface area contributed by atoms with Gasteiger partial charge < -0.3 is 14.8 Å². The van der Waals surface area contributed by atoms with Gasteiger partial charge in [0.05, 0.1) is 11.6 Å². The number of rotatable bonds is 8. The molecule has 1 N–H and O–H groups in total. The maximum absolute atomic E-state index is 11.9. The largest absolute Gasteiger partial charge is 0.477 e. The monoisotopic (exact) mass is 313 g/mol. The van der Waals surface area contributed by atoms with E-state index in [1.54, 1.807) is 13.0 Å². The predicted octanol–water partition coefficient (Wildman–Crippen LogP) is 3.73. The van der Waals surface area contributed by atoms with E-state index in [1.165, 1.54) is 0 Å². The van der Waals surface area contributed by atoms with Crippen molar-refractivity contribution >= 4 is 17.6 Å². The zero-order valence-corrected chi connectivity index (χ0v) is 13.9. The molecule has 118 valence electrons. The van der Waals surface area contributed by atoms with Crippen molar-refractivity contribution in [3.8, 4) is 5.75 Å². The van der Waals surface area contributed by atoms with Gasteiger partial charge in [-0.2, -0.15) is 0 Å². The van der Waals surface area contributed by atoms with Crippen LogP contribution in [-0.4, -0.2) is 25.7 Å². The van der Waals surface area contributed by atoms with E-state index >= 15 is 0 Å². The van der Waals surface area contributed by atoms with E-state index < -0.39 is 6.10 Å². The topological polar surface area (TPSA) is 47.6 Å². The fourth-order valence-electron chi connectivity index (χ4n) is 1.92. The van der Waals surface area contributed by atoms with Crippen molar-refractivity contribution in [1.82, 2.24) is 5.32 Å². The summed E-state index contributed by atoms with van der Waals surface area (Å²) in [7, 11) is 1.89. The Kier molecular flexibility index (Phi) is 7.54. The third-order valence-electron chi connectivity index (χ3n) is 3.26. The molecule has 0 heterocycles. The second-order valence-corrected chi connectivity index (χ2v) is 5.25. The molecule has 0 aliphatic rings. The third-order valence-corrected chi connectivity index (χ3v) is 3.55. The minimum Gasteiger partial charge on any atom is -0.477 e. The highest BCUT2D eigenvalue weighted by molar-refractivity contribution is 6.32. The molecule has 0 radical (unpaired) electrons. The van der Waals surface area contributed by atoms with Crippen LogP contribution in [0.3, 0.4) is 0 Å². The zero-order chi connectivity index (χ0) is 15.8. The molecular formula is C16H24ClNO3. The Morgan fingerprint density at radius 2 is 2.10 bits per heavy atom. The summed E-state index contributed by atoms with van der Waals surface area (Å²) >= 11 is 6.25. The van der Waals surface area contributed by atoms with Gasteiger partial charge in [-0.05, 0) is 45.0 Å². The molecule has 0 aliphatic carbocycles. The lowest BCUT2D eigenvalue weighted by Gasteiger charge is -2.19. The first-order chi connectivity index (χ1) is 10.0. The molecule has 1 rings (SSSR count). The highest BCUT2D eigenvalue weighted by atomic mass is 35.5. The lowest BCUT2D eigenvalue weighted by atomic mass is 10.1. The molecular weight excluding hydrogens is 290 g/mol. The number of halogens is 1. The van der Waals surface area contributed by atoms with Gasteiger partial charge in [-0.15, -0.1) is 0 Å². The van der Waals surface area contributed by atoms with E-state index in [0.29, 0.717) is 23.8 Å². The number of benzene rings is 1. The summed E-state index contributed by atoms with van der Waals surface area (Å²) in [6, 6.07) is 5.80. The number of hydrogen-bond donors (Lipinski definition) is 1. The van der Waals surface area contributed by atoms with Crippen molar-refractivity contribution in [2.75, 3.05) is 13.7 Å². The number of nitrogens with one attached hydrogen (secondary N) is 1. The molecule has 0 amide bonds. The van der Waals surface area contributed by atoms with Crippen molar-refractivity contribution in [1.29, 1.82) is 0 Å². The highest BCUT2D eigenvalue weighted by Crippen LogP contribution is 2.29. The number of carbonyl (C=O) groups excluding carboxylic acids is 1. The Bertz CT molecular complexity index is 465. The molecule has 4 nitrogen and oxygen atoms in total. The molecule has 5 heteroatoms. The van der Waals surface area contributed by atoms with Crippen LogP contribution in [-0.2, 0) is 9.53 Å². The Balaban J connectivity index is 2.86. The van der Waals surface area contributed by atoms with Crippen molar-refractivity contribution in [3.05, 3.63) is 28.8 Å². The summed E-state index contributed by atoms with van der Waals surface area (Å²) in [4.78, 5) is 11.9. The van der Waals surface area contributed by atoms with Gasteiger partial charge in [-0.25, -0.2) is 4.79 Å². The molecule has 2 unspecified atom stereocenters. The second-order valence-electron chi connectivity index (χ2n) is 4.85. The van der Waals surface area contributed by atoms with E-state index in [1.807, 2.05) is 33.0 Å². The summed E-state index contributed by atoms with van der Waals surface area (Å²) in [5.41, 5.74) is 1.07. The van der Waals surface area contributed by atoms with Crippen LogP contribution in [0.25, 0.3) is 0 Å². The molecule has 0 bridgehead atoms. The smallest absolute Gasteiger partial charge is 0.347 e. The van der Waals surface area contributed by atoms with Crippen LogP contribution < -0.4 is 10.1 Å². The van der Waals surface area contributed by atoms with Crippen LogP contribution in [0, 0.1) is 0 Å². The predicted molar refractivity (Wildman–Crippen MR) is 84.9 cm³/mol. The fraction of sp³-hybridized carbons (Fsp3) is 0.562. The third kappa shape index (κ3) is 5.21. The summed E-state index contributed by atoms with van der Waals surface area (Å²) in [5, 5.41) is 3.65. The van der Waals surface area contributed by atoms with Gasteiger partial charge in [0.1, 0.15) is 5.75 Å². The normalized spacial score (nSPS) is 13.6. The van der Waals surface area contributed by atoms with E-state index in [4.69, 9.17) is 21.1 Å². The fourth-order valence-corrected chi connectivity index (χ4v) is 2.16. The lowest BCUT2D eigenvalue weighted by molar-refractivity contribution is -0.151. The summed E-state index contributed by atoms with van der Waals surface area (Å²) in [6.07, 6.45) is 0.819. The van der Waals surface area contributed by atoms with Gasteiger partial charge in [0, 0.05) is 6.04 Å². The molecule has 0 spiro atoms. The van der Waals surface area contributed by atoms with Crippen LogP contribution in [0.5, 0.6) is 5.75 Å². The molecule has 1 aromatic rings. The SMILES string of the molecule is CCCC(Oc1ccc(C(C)NC)cc1Cl)C(=O)OCC. The maximum atomic E-state index is 11.9. The number of carbonyl (C=O) groups is 1. The first-order valence-corrected chi connectivity index (χ1v) is 7.71. The minimum atomic E-state index is -0.611. The first-order valence-electron chi connectivity index (χ1n) is 7.33. The highest BCUT2D eigenvalue weighted by Gasteiger charge is 2.22. The quantitative estimate of drug-likeness (QED) is 0.743. The Morgan fingerprint density at radius 3 is 2.62 bits per heavy atom. The van der Waals surface area contributed by atoms with Crippen molar-refractivity contribution in [2.45, 2.75) is 45.8 Å². The Labute approximate surface area is 131 Å². The Morgan fingerprint density at radius 1 is 1.38 bits per heavy atom. The van der Waals surface area contributed by atoms with Crippen molar-refractivity contribution in [2.24, 2.45) is 0 Å². The van der Waals surface area contributed by atoms with Crippen LogP contribution in [0.4, 0.5) is 0 Å². The zero-order valence-electron chi connectivity index (χ0n) is 13.1. The van der Waals surface area contributed by atoms with E-state index in [0.717, 1.165) is 12.0 Å². The average Bonchev–Trinajstić information content (AvgIpc) is 2.47. The van der Waals surface area contributed by atoms with E-state index in [9.17, 15) is 4.79 Å². The second kappa shape index (κ2) is 8.90. The molecule has 2 atom stereocenters. The van der Waals surface area contributed by atoms with Gasteiger partial charge in [-0.3, -0.25) is 0 Å². The number of hydrogen-bond acceptors (Lipinski definition) is 4. The summed E-state index contributed by atoms with van der Waals surface area (Å²) in [5.74, 6) is 0.165. The standard InChI is InChI=1S/C16H24ClNO3/c1-5-7-15(16(19)20-6-2)21-14-9-8-12(10-13(14)17)11(3)18-4/h8-11,15,18H,5-7H2,1-4H3. The molecule has 0 saturated carbocycles. The molecule has 0 aliphatic heterocycles. The van der Waals surface area contributed by atoms with Gasteiger partial charge in [-0.1, -0.05) is 31.0 Å². The van der Waals surface area contributed by atoms with Gasteiger partial charge >= 0.3 is 5.97 Å². The molecule has 0 aromatic heterocycles.